The number of rotatable bonds is 19. The van der Waals surface area contributed by atoms with Gasteiger partial charge in [0.05, 0.1) is 6.17 Å². The van der Waals surface area contributed by atoms with Gasteiger partial charge in [-0.2, -0.15) is 0 Å². The van der Waals surface area contributed by atoms with Crippen molar-refractivity contribution in [2.75, 3.05) is 13.1 Å². The summed E-state index contributed by atoms with van der Waals surface area (Å²) >= 11 is 0. The van der Waals surface area contributed by atoms with Crippen LogP contribution in [0.5, 0.6) is 0 Å². The molecule has 3 rings (SSSR count). The molecule has 2 bridgehead atoms. The maximum Gasteiger partial charge on any atom is 0.0601 e. The topological polar surface area (TPSA) is 15.3 Å². The molecule has 2 atom stereocenters. The van der Waals surface area contributed by atoms with Gasteiger partial charge < -0.3 is 0 Å². The zero-order chi connectivity index (χ0) is 20.6. The Balaban J connectivity index is 1.39. The Morgan fingerprint density at radius 2 is 1.17 bits per heavy atom. The number of piperidine rings is 3. The molecule has 3 aliphatic rings. The molecule has 0 aromatic carbocycles. The molecule has 1 N–H and O–H groups in total. The molecule has 0 radical (unpaired) electrons. The van der Waals surface area contributed by atoms with E-state index in [0.29, 0.717) is 6.17 Å². The third kappa shape index (κ3) is 11.2. The summed E-state index contributed by atoms with van der Waals surface area (Å²) < 4.78 is 0. The minimum Gasteiger partial charge on any atom is -0.299 e. The average Bonchev–Trinajstić information content (AvgIpc) is 2.75. The lowest BCUT2D eigenvalue weighted by Crippen LogP contribution is -2.57. The van der Waals surface area contributed by atoms with Crippen LogP contribution in [0.25, 0.3) is 0 Å². The van der Waals surface area contributed by atoms with E-state index in [4.69, 9.17) is 0 Å². The number of hydrogen-bond acceptors (Lipinski definition) is 2. The monoisotopic (exact) mass is 406 g/mol. The highest BCUT2D eigenvalue weighted by Crippen LogP contribution is 2.31. The van der Waals surface area contributed by atoms with Gasteiger partial charge in [0.2, 0.25) is 0 Å². The summed E-state index contributed by atoms with van der Waals surface area (Å²) in [5, 5.41) is 4.06. The molecule has 3 aliphatic heterocycles. The van der Waals surface area contributed by atoms with Gasteiger partial charge in [-0.05, 0) is 51.1 Å². The van der Waals surface area contributed by atoms with Crippen molar-refractivity contribution in [2.24, 2.45) is 5.92 Å². The van der Waals surface area contributed by atoms with Crippen LogP contribution in [0, 0.1) is 5.92 Å². The summed E-state index contributed by atoms with van der Waals surface area (Å²) in [5.74, 6) is 1.01. The highest BCUT2D eigenvalue weighted by Gasteiger charge is 2.34. The summed E-state index contributed by atoms with van der Waals surface area (Å²) in [6.45, 7) is 7.35. The molecule has 0 aromatic heterocycles. The molecule has 0 saturated carbocycles. The van der Waals surface area contributed by atoms with Crippen molar-refractivity contribution >= 4 is 0 Å². The Hall–Kier alpha value is -0.0800. The Morgan fingerprint density at radius 3 is 1.62 bits per heavy atom. The van der Waals surface area contributed by atoms with E-state index in [1.165, 1.54) is 142 Å². The van der Waals surface area contributed by atoms with Crippen molar-refractivity contribution < 1.29 is 0 Å². The van der Waals surface area contributed by atoms with Gasteiger partial charge in [0, 0.05) is 6.04 Å². The number of nitrogens with zero attached hydrogens (tertiary/aromatic N) is 1. The fraction of sp³-hybridized carbons (Fsp3) is 1.00. The van der Waals surface area contributed by atoms with E-state index in [-0.39, 0.29) is 0 Å². The van der Waals surface area contributed by atoms with Crippen molar-refractivity contribution in [3.05, 3.63) is 0 Å². The van der Waals surface area contributed by atoms with Crippen LogP contribution in [0.4, 0.5) is 0 Å². The van der Waals surface area contributed by atoms with E-state index in [2.05, 4.69) is 24.1 Å². The van der Waals surface area contributed by atoms with Gasteiger partial charge >= 0.3 is 0 Å². The maximum absolute atomic E-state index is 4.06. The quantitative estimate of drug-likeness (QED) is 0.218. The fourth-order valence-electron chi connectivity index (χ4n) is 5.66. The summed E-state index contributed by atoms with van der Waals surface area (Å²) in [4.78, 5) is 2.73. The fourth-order valence-corrected chi connectivity index (χ4v) is 5.66. The molecule has 2 heteroatoms. The van der Waals surface area contributed by atoms with Crippen LogP contribution in [0.2, 0.25) is 0 Å². The third-order valence-corrected chi connectivity index (χ3v) is 7.62. The van der Waals surface area contributed by atoms with Crippen LogP contribution in [-0.2, 0) is 0 Å². The van der Waals surface area contributed by atoms with Gasteiger partial charge in [0.15, 0.2) is 0 Å². The van der Waals surface area contributed by atoms with Crippen molar-refractivity contribution in [3.8, 4) is 0 Å². The first-order valence-corrected chi connectivity index (χ1v) is 13.8. The Labute approximate surface area is 184 Å². The maximum atomic E-state index is 4.06. The van der Waals surface area contributed by atoms with Crippen LogP contribution in [0.3, 0.4) is 0 Å². The Bertz CT molecular complexity index is 362. The van der Waals surface area contributed by atoms with E-state index in [1.54, 1.807) is 0 Å². The highest BCUT2D eigenvalue weighted by molar-refractivity contribution is 4.88. The first-order chi connectivity index (χ1) is 14.3. The van der Waals surface area contributed by atoms with Crippen molar-refractivity contribution in [1.29, 1.82) is 0 Å². The number of unbranched alkanes of at least 4 members (excludes halogenated alkanes) is 13. The second-order valence-electron chi connectivity index (χ2n) is 10.3. The molecular formula is C27H54N2. The molecule has 172 valence electrons. The standard InChI is InChI=1S/C27H54N2/c1-3-5-6-7-8-9-10-11-12-13-14-15-16-17-19-26(18-4-2)28-27-24-25-20-22-29(27)23-21-25/h25-28H,3-24H2,1-2H3. The number of hydrogen-bond donors (Lipinski definition) is 1. The summed E-state index contributed by atoms with van der Waals surface area (Å²) in [6.07, 6.45) is 29.6. The van der Waals surface area contributed by atoms with E-state index in [1.807, 2.05) is 0 Å². The van der Waals surface area contributed by atoms with Crippen LogP contribution in [0.15, 0.2) is 0 Å². The smallest absolute Gasteiger partial charge is 0.0601 e. The molecule has 3 heterocycles. The van der Waals surface area contributed by atoms with Crippen LogP contribution < -0.4 is 5.32 Å². The second-order valence-corrected chi connectivity index (χ2v) is 10.3. The van der Waals surface area contributed by atoms with Crippen LogP contribution >= 0.6 is 0 Å². The highest BCUT2D eigenvalue weighted by atomic mass is 15.3. The van der Waals surface area contributed by atoms with Gasteiger partial charge in [0.1, 0.15) is 0 Å². The Morgan fingerprint density at radius 1 is 0.655 bits per heavy atom. The largest absolute Gasteiger partial charge is 0.299 e. The molecule has 3 saturated heterocycles. The van der Waals surface area contributed by atoms with Gasteiger partial charge in [-0.1, -0.05) is 110 Å². The molecule has 2 unspecified atom stereocenters. The van der Waals surface area contributed by atoms with E-state index in [9.17, 15) is 0 Å². The van der Waals surface area contributed by atoms with Gasteiger partial charge in [-0.3, -0.25) is 10.2 Å². The van der Waals surface area contributed by atoms with Crippen molar-refractivity contribution in [1.82, 2.24) is 10.2 Å². The summed E-state index contributed by atoms with van der Waals surface area (Å²) in [6, 6.07) is 0.765. The zero-order valence-electron chi connectivity index (χ0n) is 20.2. The van der Waals surface area contributed by atoms with Crippen LogP contribution in [-0.4, -0.2) is 30.2 Å². The predicted octanol–water partition coefficient (Wildman–Crippen LogP) is 8.06. The first-order valence-electron chi connectivity index (χ1n) is 13.8. The molecule has 0 aromatic rings. The predicted molar refractivity (Wildman–Crippen MR) is 129 cm³/mol. The molecule has 0 spiro atoms. The SMILES string of the molecule is CCCCCCCCCCCCCCCCC(CCC)NC1CC2CCN1CC2. The third-order valence-electron chi connectivity index (χ3n) is 7.62. The minimum atomic E-state index is 0.700. The van der Waals surface area contributed by atoms with Gasteiger partial charge in [-0.25, -0.2) is 0 Å². The van der Waals surface area contributed by atoms with Crippen molar-refractivity contribution in [3.63, 3.8) is 0 Å². The molecular weight excluding hydrogens is 352 g/mol. The molecule has 3 fully saturated rings. The minimum absolute atomic E-state index is 0.700. The average molecular weight is 407 g/mol. The van der Waals surface area contributed by atoms with Gasteiger partial charge in [-0.15, -0.1) is 0 Å². The van der Waals surface area contributed by atoms with Crippen LogP contribution in [0.1, 0.15) is 142 Å². The zero-order valence-corrected chi connectivity index (χ0v) is 20.2. The lowest BCUT2D eigenvalue weighted by molar-refractivity contribution is 0.0232. The lowest BCUT2D eigenvalue weighted by atomic mass is 9.86. The van der Waals surface area contributed by atoms with E-state index >= 15 is 0 Å². The van der Waals surface area contributed by atoms with E-state index in [0.717, 1.165) is 12.0 Å². The normalized spacial score (nSPS) is 24.8. The Kier molecular flexibility index (Phi) is 14.4. The van der Waals surface area contributed by atoms with E-state index < -0.39 is 0 Å². The summed E-state index contributed by atoms with van der Waals surface area (Å²) in [5.41, 5.74) is 0. The lowest BCUT2D eigenvalue weighted by Gasteiger charge is -2.47. The first kappa shape index (κ1) is 25.2. The second kappa shape index (κ2) is 16.6. The van der Waals surface area contributed by atoms with Crippen molar-refractivity contribution in [2.45, 2.75) is 154 Å². The number of nitrogens with one attached hydrogen (secondary N) is 1. The molecule has 0 amide bonds. The summed E-state index contributed by atoms with van der Waals surface area (Å²) in [7, 11) is 0. The molecule has 0 aliphatic carbocycles. The van der Waals surface area contributed by atoms with Gasteiger partial charge in [0.25, 0.3) is 0 Å². The molecule has 2 nitrogen and oxygen atoms in total. The molecule has 29 heavy (non-hydrogen) atoms. The number of fused-ring (bicyclic) bond motifs is 3.